The molecule has 11 heavy (non-hydrogen) atoms. The van der Waals surface area contributed by atoms with Crippen LogP contribution >= 0.6 is 11.3 Å². The molecule has 0 saturated heterocycles. The van der Waals surface area contributed by atoms with Crippen molar-refractivity contribution in [2.24, 2.45) is 5.73 Å². The first kappa shape index (κ1) is 8.75. The highest BCUT2D eigenvalue weighted by Gasteiger charge is 2.18. The summed E-state index contributed by atoms with van der Waals surface area (Å²) in [6, 6.07) is 2.22. The van der Waals surface area contributed by atoms with E-state index in [1.54, 1.807) is 11.3 Å². The van der Waals surface area contributed by atoms with E-state index in [1.807, 2.05) is 0 Å². The van der Waals surface area contributed by atoms with Crippen molar-refractivity contribution in [3.05, 3.63) is 21.9 Å². The monoisotopic (exact) mass is 169 g/mol. The smallest absolute Gasteiger partial charge is 0.00274 e. The first-order valence-electron chi connectivity index (χ1n) is 3.82. The Balaban J connectivity index is 2.92. The molecule has 2 heteroatoms. The third-order valence-electron chi connectivity index (χ3n) is 2.02. The fraction of sp³-hybridized carbons (Fsp3) is 0.556. The summed E-state index contributed by atoms with van der Waals surface area (Å²) in [4.78, 5) is 1.36. The Morgan fingerprint density at radius 1 is 1.55 bits per heavy atom. The van der Waals surface area contributed by atoms with Crippen LogP contribution < -0.4 is 5.73 Å². The van der Waals surface area contributed by atoms with Gasteiger partial charge in [-0.2, -0.15) is 0 Å². The number of aryl methyl sites for hydroxylation is 1. The highest BCUT2D eigenvalue weighted by atomic mass is 32.1. The molecule has 0 fully saturated rings. The summed E-state index contributed by atoms with van der Waals surface area (Å²) in [7, 11) is 0. The van der Waals surface area contributed by atoms with E-state index in [0.29, 0.717) is 6.54 Å². The Bertz CT molecular complexity index is 237. The molecule has 1 aromatic rings. The molecule has 1 heterocycles. The predicted molar refractivity (Wildman–Crippen MR) is 51.1 cm³/mol. The largest absolute Gasteiger partial charge is 0.330 e. The summed E-state index contributed by atoms with van der Waals surface area (Å²) < 4.78 is 0. The lowest BCUT2D eigenvalue weighted by atomic mass is 9.87. The molecule has 0 spiro atoms. The summed E-state index contributed by atoms with van der Waals surface area (Å²) in [5.74, 6) is 0. The Morgan fingerprint density at radius 2 is 2.18 bits per heavy atom. The van der Waals surface area contributed by atoms with E-state index in [4.69, 9.17) is 5.73 Å². The van der Waals surface area contributed by atoms with Crippen LogP contribution in [0.3, 0.4) is 0 Å². The zero-order valence-corrected chi connectivity index (χ0v) is 8.16. The van der Waals surface area contributed by atoms with E-state index in [9.17, 15) is 0 Å². The van der Waals surface area contributed by atoms with Gasteiger partial charge in [0, 0.05) is 16.8 Å². The maximum atomic E-state index is 5.65. The number of hydrogen-bond donors (Lipinski definition) is 1. The normalized spacial score (nSPS) is 12.0. The van der Waals surface area contributed by atoms with E-state index in [0.717, 1.165) is 0 Å². The zero-order chi connectivity index (χ0) is 8.48. The van der Waals surface area contributed by atoms with Gasteiger partial charge in [0.05, 0.1) is 0 Å². The van der Waals surface area contributed by atoms with E-state index in [1.165, 1.54) is 10.4 Å². The molecule has 0 unspecified atom stereocenters. The molecular weight excluding hydrogens is 154 g/mol. The van der Waals surface area contributed by atoms with E-state index in [-0.39, 0.29) is 5.41 Å². The number of nitrogens with two attached hydrogens (primary N) is 1. The second-order valence-corrected chi connectivity index (χ2v) is 4.65. The minimum atomic E-state index is 0.144. The topological polar surface area (TPSA) is 26.0 Å². The molecule has 0 aliphatic rings. The highest BCUT2D eigenvalue weighted by molar-refractivity contribution is 7.10. The average Bonchev–Trinajstić information content (AvgIpc) is 2.36. The van der Waals surface area contributed by atoms with Gasteiger partial charge in [-0.15, -0.1) is 11.3 Å². The lowest BCUT2D eigenvalue weighted by molar-refractivity contribution is 0.541. The summed E-state index contributed by atoms with van der Waals surface area (Å²) in [5, 5.41) is 2.20. The third-order valence-corrected chi connectivity index (χ3v) is 2.88. The molecule has 0 atom stereocenters. The van der Waals surface area contributed by atoms with Gasteiger partial charge in [-0.25, -0.2) is 0 Å². The van der Waals surface area contributed by atoms with E-state index >= 15 is 0 Å². The Morgan fingerprint density at radius 3 is 2.55 bits per heavy atom. The molecule has 62 valence electrons. The quantitative estimate of drug-likeness (QED) is 0.722. The predicted octanol–water partition coefficient (Wildman–Crippen LogP) is 2.29. The fourth-order valence-corrected chi connectivity index (χ4v) is 1.81. The first-order valence-corrected chi connectivity index (χ1v) is 4.70. The minimum Gasteiger partial charge on any atom is -0.330 e. The third kappa shape index (κ3) is 1.82. The number of rotatable bonds is 2. The lowest BCUT2D eigenvalue weighted by Gasteiger charge is -2.20. The molecule has 0 aliphatic carbocycles. The summed E-state index contributed by atoms with van der Waals surface area (Å²) in [5.41, 5.74) is 7.16. The van der Waals surface area contributed by atoms with Crippen molar-refractivity contribution in [3.8, 4) is 0 Å². The Kier molecular flexibility index (Phi) is 2.35. The molecule has 0 bridgehead atoms. The SMILES string of the molecule is Cc1cc(C(C)(C)CN)cs1. The summed E-state index contributed by atoms with van der Waals surface area (Å²) in [6.07, 6.45) is 0. The van der Waals surface area contributed by atoms with E-state index in [2.05, 4.69) is 32.2 Å². The van der Waals surface area contributed by atoms with Crippen LogP contribution in [0.1, 0.15) is 24.3 Å². The average molecular weight is 169 g/mol. The van der Waals surface area contributed by atoms with Crippen LogP contribution in [-0.4, -0.2) is 6.54 Å². The van der Waals surface area contributed by atoms with Crippen molar-refractivity contribution < 1.29 is 0 Å². The van der Waals surface area contributed by atoms with Gasteiger partial charge in [0.15, 0.2) is 0 Å². The van der Waals surface area contributed by atoms with Gasteiger partial charge in [-0.05, 0) is 23.9 Å². The molecular formula is C9H15NS. The molecule has 0 radical (unpaired) electrons. The molecule has 1 nitrogen and oxygen atoms in total. The lowest BCUT2D eigenvalue weighted by Crippen LogP contribution is -2.27. The van der Waals surface area contributed by atoms with Crippen LogP contribution in [0, 0.1) is 6.92 Å². The number of hydrogen-bond acceptors (Lipinski definition) is 2. The van der Waals surface area contributed by atoms with Gasteiger partial charge in [-0.3, -0.25) is 0 Å². The van der Waals surface area contributed by atoms with Crippen LogP contribution in [0.2, 0.25) is 0 Å². The standard InChI is InChI=1S/C9H15NS/c1-7-4-8(5-11-7)9(2,3)6-10/h4-5H,6,10H2,1-3H3. The minimum absolute atomic E-state index is 0.144. The van der Waals surface area contributed by atoms with Crippen molar-refractivity contribution in [2.75, 3.05) is 6.54 Å². The zero-order valence-electron chi connectivity index (χ0n) is 7.35. The van der Waals surface area contributed by atoms with Gasteiger partial charge in [-0.1, -0.05) is 13.8 Å². The van der Waals surface area contributed by atoms with Gasteiger partial charge in [0.2, 0.25) is 0 Å². The first-order chi connectivity index (χ1) is 5.06. The Hall–Kier alpha value is -0.340. The molecule has 1 aromatic heterocycles. The highest BCUT2D eigenvalue weighted by Crippen LogP contribution is 2.26. The van der Waals surface area contributed by atoms with Crippen LogP contribution in [-0.2, 0) is 5.41 Å². The summed E-state index contributed by atoms with van der Waals surface area (Å²) in [6.45, 7) is 7.19. The second-order valence-electron chi connectivity index (χ2n) is 3.53. The van der Waals surface area contributed by atoms with Crippen molar-refractivity contribution in [2.45, 2.75) is 26.2 Å². The van der Waals surface area contributed by atoms with Crippen molar-refractivity contribution in [3.63, 3.8) is 0 Å². The maximum absolute atomic E-state index is 5.65. The molecule has 2 N–H and O–H groups in total. The van der Waals surface area contributed by atoms with Gasteiger partial charge >= 0.3 is 0 Å². The molecule has 0 aromatic carbocycles. The molecule has 0 aliphatic heterocycles. The maximum Gasteiger partial charge on any atom is 0.00274 e. The van der Waals surface area contributed by atoms with Gasteiger partial charge in [0.1, 0.15) is 0 Å². The van der Waals surface area contributed by atoms with Crippen molar-refractivity contribution in [1.29, 1.82) is 0 Å². The molecule has 1 rings (SSSR count). The van der Waals surface area contributed by atoms with Crippen LogP contribution in [0.5, 0.6) is 0 Å². The van der Waals surface area contributed by atoms with Gasteiger partial charge in [0.25, 0.3) is 0 Å². The molecule has 0 saturated carbocycles. The molecule has 0 amide bonds. The van der Waals surface area contributed by atoms with E-state index < -0.39 is 0 Å². The van der Waals surface area contributed by atoms with Crippen LogP contribution in [0.4, 0.5) is 0 Å². The Labute approximate surface area is 72.2 Å². The van der Waals surface area contributed by atoms with Gasteiger partial charge < -0.3 is 5.73 Å². The fourth-order valence-electron chi connectivity index (χ4n) is 0.916. The summed E-state index contributed by atoms with van der Waals surface area (Å²) >= 11 is 1.79. The van der Waals surface area contributed by atoms with Crippen LogP contribution in [0.15, 0.2) is 11.4 Å². The number of thiophene rings is 1. The van der Waals surface area contributed by atoms with Crippen molar-refractivity contribution >= 4 is 11.3 Å². The van der Waals surface area contributed by atoms with Crippen LogP contribution in [0.25, 0.3) is 0 Å². The van der Waals surface area contributed by atoms with Crippen molar-refractivity contribution in [1.82, 2.24) is 0 Å². The second kappa shape index (κ2) is 2.95.